The summed E-state index contributed by atoms with van der Waals surface area (Å²) >= 11 is 4.74. The first kappa shape index (κ1) is 9.81. The zero-order chi connectivity index (χ0) is 9.15. The Morgan fingerprint density at radius 3 is 2.15 bits per heavy atom. The maximum Gasteiger partial charge on any atom is 0.171 e. The summed E-state index contributed by atoms with van der Waals surface area (Å²) < 4.78 is 11.2. The number of ether oxygens (including phenoxy) is 2. The van der Waals surface area contributed by atoms with E-state index in [1.54, 1.807) is 0 Å². The average Bonchev–Trinajstić information content (AvgIpc) is 2.20. The molecule has 0 unspecified atom stereocenters. The van der Waals surface area contributed by atoms with Crippen LogP contribution in [-0.2, 0) is 9.47 Å². The molecule has 1 aliphatic carbocycles. The lowest BCUT2D eigenvalue weighted by atomic mass is 9.87. The molecule has 0 N–H and O–H groups in total. The third-order valence-corrected chi connectivity index (χ3v) is 3.64. The molecule has 0 aromatic rings. The van der Waals surface area contributed by atoms with E-state index in [4.69, 9.17) is 22.1 Å². The van der Waals surface area contributed by atoms with Crippen molar-refractivity contribution in [3.8, 4) is 0 Å². The molecule has 0 aromatic carbocycles. The second-order valence-corrected chi connectivity index (χ2v) is 4.98. The molecule has 1 saturated heterocycles. The van der Waals surface area contributed by atoms with E-state index in [1.807, 2.05) is 0 Å². The zero-order valence-corrected chi connectivity index (χ0v) is 8.89. The highest BCUT2D eigenvalue weighted by molar-refractivity contribution is 7.81. The van der Waals surface area contributed by atoms with E-state index in [1.165, 1.54) is 19.3 Å². The first-order chi connectivity index (χ1) is 6.31. The van der Waals surface area contributed by atoms with Crippen LogP contribution in [0.25, 0.3) is 0 Å². The van der Waals surface area contributed by atoms with E-state index < -0.39 is 0 Å². The monoisotopic (exact) mass is 202 g/mol. The van der Waals surface area contributed by atoms with Gasteiger partial charge in [-0.1, -0.05) is 19.3 Å². The van der Waals surface area contributed by atoms with Crippen molar-refractivity contribution in [3.05, 3.63) is 0 Å². The molecule has 13 heavy (non-hydrogen) atoms. The Hall–Kier alpha value is 0.270. The summed E-state index contributed by atoms with van der Waals surface area (Å²) in [6.45, 7) is 1.68. The van der Waals surface area contributed by atoms with Gasteiger partial charge in [-0.15, -0.1) is 0 Å². The van der Waals surface area contributed by atoms with Crippen LogP contribution < -0.4 is 0 Å². The van der Waals surface area contributed by atoms with Crippen LogP contribution in [0, 0.1) is 0 Å². The minimum absolute atomic E-state index is 0.00132. The van der Waals surface area contributed by atoms with Crippen LogP contribution in [-0.4, -0.2) is 24.3 Å². The molecule has 0 atom stereocenters. The molecule has 0 radical (unpaired) electrons. The van der Waals surface area contributed by atoms with Gasteiger partial charge < -0.3 is 9.47 Å². The highest BCUT2D eigenvalue weighted by Crippen LogP contribution is 2.39. The highest BCUT2D eigenvalue weighted by atomic mass is 32.1. The van der Waals surface area contributed by atoms with Crippen molar-refractivity contribution in [2.75, 3.05) is 13.2 Å². The quantitative estimate of drug-likeness (QED) is 0.658. The first-order valence-electron chi connectivity index (χ1n) is 5.27. The van der Waals surface area contributed by atoms with Crippen molar-refractivity contribution >= 4 is 12.6 Å². The summed E-state index contributed by atoms with van der Waals surface area (Å²) in [7, 11) is 0. The van der Waals surface area contributed by atoms with Gasteiger partial charge in [-0.3, -0.25) is 0 Å². The molecule has 1 saturated carbocycles. The van der Waals surface area contributed by atoms with Gasteiger partial charge in [0, 0.05) is 0 Å². The molecule has 2 aliphatic rings. The number of rotatable bonds is 1. The fraction of sp³-hybridized carbons (Fsp3) is 1.00. The van der Waals surface area contributed by atoms with Crippen LogP contribution in [0.5, 0.6) is 0 Å². The Bertz CT molecular complexity index is 160. The van der Waals surface area contributed by atoms with E-state index in [-0.39, 0.29) is 11.0 Å². The van der Waals surface area contributed by atoms with Gasteiger partial charge >= 0.3 is 0 Å². The van der Waals surface area contributed by atoms with Crippen molar-refractivity contribution < 1.29 is 9.47 Å². The molecule has 3 heteroatoms. The number of thiol groups is 1. The normalized spacial score (nSPS) is 30.2. The summed E-state index contributed by atoms with van der Waals surface area (Å²) in [6.07, 6.45) is 7.14. The van der Waals surface area contributed by atoms with Crippen molar-refractivity contribution in [3.63, 3.8) is 0 Å². The molecule has 76 valence electrons. The summed E-state index contributed by atoms with van der Waals surface area (Å²) in [5, 5.41) is 0. The Labute approximate surface area is 85.4 Å². The molecule has 1 heterocycles. The largest absolute Gasteiger partial charge is 0.351 e. The maximum atomic E-state index is 5.62. The van der Waals surface area contributed by atoms with Gasteiger partial charge in [0.2, 0.25) is 0 Å². The maximum absolute atomic E-state index is 5.62. The molecule has 2 rings (SSSR count). The summed E-state index contributed by atoms with van der Waals surface area (Å²) in [4.78, 5) is 0. The van der Waals surface area contributed by atoms with Gasteiger partial charge in [-0.05, 0) is 19.3 Å². The fourth-order valence-corrected chi connectivity index (χ4v) is 2.66. The molecule has 0 aromatic heterocycles. The molecule has 0 amide bonds. The number of hydrogen-bond acceptors (Lipinski definition) is 3. The van der Waals surface area contributed by atoms with Gasteiger partial charge in [0.15, 0.2) is 6.29 Å². The van der Waals surface area contributed by atoms with Gasteiger partial charge in [0.05, 0.1) is 18.0 Å². The third kappa shape index (κ3) is 2.20. The second-order valence-electron chi connectivity index (χ2n) is 4.09. The topological polar surface area (TPSA) is 18.5 Å². The van der Waals surface area contributed by atoms with Gasteiger partial charge in [-0.2, -0.15) is 12.6 Å². The summed E-state index contributed by atoms with van der Waals surface area (Å²) in [5.74, 6) is 0. The van der Waals surface area contributed by atoms with E-state index in [0.29, 0.717) is 0 Å². The Morgan fingerprint density at radius 2 is 1.54 bits per heavy atom. The minimum atomic E-state index is -0.0510. The first-order valence-corrected chi connectivity index (χ1v) is 5.72. The van der Waals surface area contributed by atoms with E-state index >= 15 is 0 Å². The van der Waals surface area contributed by atoms with Crippen LogP contribution in [0.15, 0.2) is 0 Å². The lowest BCUT2D eigenvalue weighted by Crippen LogP contribution is -2.45. The molecule has 1 aliphatic heterocycles. The predicted octanol–water partition coefficient (Wildman–Crippen LogP) is 2.38. The Balaban J connectivity index is 1.94. The fourth-order valence-electron chi connectivity index (χ4n) is 2.20. The molecule has 0 bridgehead atoms. The van der Waals surface area contributed by atoms with E-state index in [2.05, 4.69) is 0 Å². The third-order valence-electron chi connectivity index (χ3n) is 2.99. The highest BCUT2D eigenvalue weighted by Gasteiger charge is 2.39. The van der Waals surface area contributed by atoms with E-state index in [0.717, 1.165) is 32.5 Å². The van der Waals surface area contributed by atoms with Crippen molar-refractivity contribution in [1.29, 1.82) is 0 Å². The van der Waals surface area contributed by atoms with Crippen LogP contribution in [0.3, 0.4) is 0 Å². The Kier molecular flexibility index (Phi) is 3.17. The zero-order valence-electron chi connectivity index (χ0n) is 8.00. The van der Waals surface area contributed by atoms with Gasteiger partial charge in [0.1, 0.15) is 0 Å². The van der Waals surface area contributed by atoms with Crippen LogP contribution in [0.4, 0.5) is 0 Å². The van der Waals surface area contributed by atoms with Crippen LogP contribution in [0.2, 0.25) is 0 Å². The van der Waals surface area contributed by atoms with E-state index in [9.17, 15) is 0 Å². The molecule has 2 fully saturated rings. The lowest BCUT2D eigenvalue weighted by Gasteiger charge is -2.40. The molecule has 2 nitrogen and oxygen atoms in total. The van der Waals surface area contributed by atoms with Crippen LogP contribution >= 0.6 is 12.6 Å². The van der Waals surface area contributed by atoms with Crippen molar-refractivity contribution in [2.24, 2.45) is 0 Å². The SMILES string of the molecule is SC1(C2OCCCO2)CCCCC1. The number of hydrogen-bond donors (Lipinski definition) is 1. The minimum Gasteiger partial charge on any atom is -0.351 e. The smallest absolute Gasteiger partial charge is 0.171 e. The van der Waals surface area contributed by atoms with Gasteiger partial charge in [-0.25, -0.2) is 0 Å². The lowest BCUT2D eigenvalue weighted by molar-refractivity contribution is -0.199. The molecular weight excluding hydrogens is 184 g/mol. The Morgan fingerprint density at radius 1 is 0.923 bits per heavy atom. The summed E-state index contributed by atoms with van der Waals surface area (Å²) in [6, 6.07) is 0. The second kappa shape index (κ2) is 4.20. The summed E-state index contributed by atoms with van der Waals surface area (Å²) in [5.41, 5.74) is 0. The van der Waals surface area contributed by atoms with Crippen molar-refractivity contribution in [2.45, 2.75) is 49.6 Å². The standard InChI is InChI=1S/C10H18O2S/c13-10(5-2-1-3-6-10)9-11-7-4-8-12-9/h9,13H,1-8H2. The molecular formula is C10H18O2S. The average molecular weight is 202 g/mol. The van der Waals surface area contributed by atoms with Gasteiger partial charge in [0.25, 0.3) is 0 Å². The predicted molar refractivity (Wildman–Crippen MR) is 55.1 cm³/mol. The van der Waals surface area contributed by atoms with Crippen LogP contribution in [0.1, 0.15) is 38.5 Å². The molecule has 0 spiro atoms. The van der Waals surface area contributed by atoms with Crippen molar-refractivity contribution in [1.82, 2.24) is 0 Å².